The molecule has 0 atom stereocenters. The first-order valence-electron chi connectivity index (χ1n) is 6.60. The number of aliphatic hydroxyl groups is 1. The lowest BCUT2D eigenvalue weighted by Gasteiger charge is -2.51. The van der Waals surface area contributed by atoms with E-state index in [0.717, 1.165) is 37.9 Å². The molecule has 0 saturated carbocycles. The Morgan fingerprint density at radius 2 is 2.17 bits per heavy atom. The minimum absolute atomic E-state index is 0.172. The number of ether oxygens (including phenoxy) is 1. The number of hydrogen-bond acceptors (Lipinski definition) is 3. The van der Waals surface area contributed by atoms with Crippen LogP contribution in [0.4, 0.5) is 4.79 Å². The summed E-state index contributed by atoms with van der Waals surface area (Å²) in [4.78, 5) is 13.6. The lowest BCUT2D eigenvalue weighted by atomic mass is 9.69. The number of aliphatic hydroxyl groups excluding tert-OH is 1. The molecule has 1 fully saturated rings. The molecule has 4 heteroatoms. The third-order valence-electron chi connectivity index (χ3n) is 3.71. The maximum Gasteiger partial charge on any atom is 0.410 e. The van der Waals surface area contributed by atoms with Crippen LogP contribution in [0.25, 0.3) is 0 Å². The van der Waals surface area contributed by atoms with Gasteiger partial charge in [0.15, 0.2) is 0 Å². The predicted molar refractivity (Wildman–Crippen MR) is 69.3 cm³/mol. The molecule has 0 unspecified atom stereocenters. The quantitative estimate of drug-likeness (QED) is 0.730. The van der Waals surface area contributed by atoms with Crippen LogP contribution in [0.15, 0.2) is 11.6 Å². The van der Waals surface area contributed by atoms with E-state index in [2.05, 4.69) is 6.08 Å². The number of carbonyl (C=O) groups excluding carboxylic acids is 1. The predicted octanol–water partition coefficient (Wildman–Crippen LogP) is 2.33. The smallest absolute Gasteiger partial charge is 0.410 e. The van der Waals surface area contributed by atoms with Crippen molar-refractivity contribution in [1.29, 1.82) is 0 Å². The normalized spacial score (nSPS) is 22.4. The summed E-state index contributed by atoms with van der Waals surface area (Å²) in [6.07, 6.45) is 4.93. The molecule has 1 spiro atoms. The van der Waals surface area contributed by atoms with Crippen molar-refractivity contribution in [1.82, 2.24) is 4.90 Å². The van der Waals surface area contributed by atoms with E-state index >= 15 is 0 Å². The van der Waals surface area contributed by atoms with Crippen LogP contribution in [0.5, 0.6) is 0 Å². The summed E-state index contributed by atoms with van der Waals surface area (Å²) in [6.45, 7) is 7.41. The second kappa shape index (κ2) is 4.57. The molecular weight excluding hydrogens is 230 g/mol. The molecule has 1 N–H and O–H groups in total. The van der Waals surface area contributed by atoms with Crippen molar-refractivity contribution in [3.05, 3.63) is 11.6 Å². The minimum Gasteiger partial charge on any atom is -0.444 e. The topological polar surface area (TPSA) is 49.8 Å². The Morgan fingerprint density at radius 1 is 1.50 bits per heavy atom. The molecular formula is C14H23NO3. The van der Waals surface area contributed by atoms with Gasteiger partial charge in [-0.1, -0.05) is 6.08 Å². The van der Waals surface area contributed by atoms with Gasteiger partial charge in [-0.3, -0.25) is 0 Å². The Bertz CT molecular complexity index is 362. The van der Waals surface area contributed by atoms with Crippen molar-refractivity contribution in [2.45, 2.75) is 45.6 Å². The highest BCUT2D eigenvalue weighted by Gasteiger charge is 2.46. The van der Waals surface area contributed by atoms with E-state index in [1.54, 1.807) is 4.90 Å². The zero-order valence-electron chi connectivity index (χ0n) is 11.5. The number of nitrogens with zero attached hydrogens (tertiary/aromatic N) is 1. The molecule has 1 saturated heterocycles. The molecule has 1 amide bonds. The van der Waals surface area contributed by atoms with Gasteiger partial charge < -0.3 is 14.7 Å². The minimum atomic E-state index is -0.420. The Labute approximate surface area is 109 Å². The summed E-state index contributed by atoms with van der Waals surface area (Å²) in [5.41, 5.74) is 0.961. The number of hydrogen-bond donors (Lipinski definition) is 1. The molecule has 0 bridgehead atoms. The van der Waals surface area contributed by atoms with Crippen molar-refractivity contribution in [2.75, 3.05) is 19.7 Å². The fraction of sp³-hybridized carbons (Fsp3) is 0.786. The Kier molecular flexibility index (Phi) is 3.41. The van der Waals surface area contributed by atoms with Gasteiger partial charge in [0.2, 0.25) is 0 Å². The highest BCUT2D eigenvalue weighted by molar-refractivity contribution is 5.69. The molecule has 1 aliphatic carbocycles. The van der Waals surface area contributed by atoms with Gasteiger partial charge >= 0.3 is 6.09 Å². The van der Waals surface area contributed by atoms with Crippen LogP contribution >= 0.6 is 0 Å². The van der Waals surface area contributed by atoms with Crippen LogP contribution in [0.3, 0.4) is 0 Å². The van der Waals surface area contributed by atoms with E-state index in [0.29, 0.717) is 0 Å². The van der Waals surface area contributed by atoms with Gasteiger partial charge in [0.1, 0.15) is 5.60 Å². The number of carbonyl (C=O) groups is 1. The summed E-state index contributed by atoms with van der Waals surface area (Å²) in [5.74, 6) is 0. The Balaban J connectivity index is 1.84. The molecule has 0 aromatic heterocycles. The van der Waals surface area contributed by atoms with Crippen molar-refractivity contribution >= 4 is 6.09 Å². The van der Waals surface area contributed by atoms with E-state index in [1.807, 2.05) is 20.8 Å². The summed E-state index contributed by atoms with van der Waals surface area (Å²) in [7, 11) is 0. The summed E-state index contributed by atoms with van der Waals surface area (Å²) in [5, 5.41) is 9.07. The second-order valence-electron chi connectivity index (χ2n) is 6.56. The highest BCUT2D eigenvalue weighted by Crippen LogP contribution is 2.43. The average Bonchev–Trinajstić information content (AvgIpc) is 2.23. The van der Waals surface area contributed by atoms with Crippen LogP contribution < -0.4 is 0 Å². The monoisotopic (exact) mass is 253 g/mol. The Morgan fingerprint density at radius 3 is 2.61 bits per heavy atom. The zero-order chi connectivity index (χ0) is 13.4. The van der Waals surface area contributed by atoms with Crippen LogP contribution in [0.2, 0.25) is 0 Å². The van der Waals surface area contributed by atoms with E-state index in [9.17, 15) is 4.79 Å². The molecule has 1 heterocycles. The molecule has 2 rings (SSSR count). The number of allylic oxidation sites excluding steroid dienone is 1. The molecule has 2 aliphatic rings. The largest absolute Gasteiger partial charge is 0.444 e. The lowest BCUT2D eigenvalue weighted by Crippen LogP contribution is -2.59. The van der Waals surface area contributed by atoms with Gasteiger partial charge in [-0.15, -0.1) is 0 Å². The molecule has 0 aromatic rings. The molecule has 4 nitrogen and oxygen atoms in total. The van der Waals surface area contributed by atoms with Gasteiger partial charge in [-0.05, 0) is 45.6 Å². The van der Waals surface area contributed by atoms with Crippen molar-refractivity contribution < 1.29 is 14.6 Å². The maximum absolute atomic E-state index is 11.8. The first kappa shape index (κ1) is 13.4. The fourth-order valence-electron chi connectivity index (χ4n) is 2.64. The van der Waals surface area contributed by atoms with Gasteiger partial charge in [0.25, 0.3) is 0 Å². The van der Waals surface area contributed by atoms with Crippen LogP contribution in [-0.4, -0.2) is 41.4 Å². The lowest BCUT2D eigenvalue weighted by molar-refractivity contribution is -0.0384. The van der Waals surface area contributed by atoms with Gasteiger partial charge in [-0.25, -0.2) is 4.79 Å². The van der Waals surface area contributed by atoms with Crippen molar-refractivity contribution in [3.63, 3.8) is 0 Å². The SMILES string of the molecule is CC(C)(C)OC(=O)N1CC2(CC=C(CO)CC2)C1. The number of likely N-dealkylation sites (tertiary alicyclic amines) is 1. The number of rotatable bonds is 1. The first-order chi connectivity index (χ1) is 8.34. The van der Waals surface area contributed by atoms with E-state index in [-0.39, 0.29) is 18.1 Å². The third kappa shape index (κ3) is 2.86. The molecule has 1 aliphatic heterocycles. The molecule has 0 aromatic carbocycles. The van der Waals surface area contributed by atoms with Gasteiger partial charge in [0.05, 0.1) is 6.61 Å². The first-order valence-corrected chi connectivity index (χ1v) is 6.60. The van der Waals surface area contributed by atoms with Gasteiger partial charge in [0, 0.05) is 18.5 Å². The summed E-state index contributed by atoms with van der Waals surface area (Å²) >= 11 is 0. The fourth-order valence-corrected chi connectivity index (χ4v) is 2.64. The zero-order valence-corrected chi connectivity index (χ0v) is 11.5. The molecule has 0 radical (unpaired) electrons. The van der Waals surface area contributed by atoms with Crippen LogP contribution in [0.1, 0.15) is 40.0 Å². The number of amides is 1. The van der Waals surface area contributed by atoms with E-state index in [1.165, 1.54) is 0 Å². The van der Waals surface area contributed by atoms with Crippen molar-refractivity contribution in [2.24, 2.45) is 5.41 Å². The Hall–Kier alpha value is -1.03. The van der Waals surface area contributed by atoms with E-state index < -0.39 is 5.60 Å². The van der Waals surface area contributed by atoms with E-state index in [4.69, 9.17) is 9.84 Å². The summed E-state index contributed by atoms with van der Waals surface area (Å²) < 4.78 is 5.35. The summed E-state index contributed by atoms with van der Waals surface area (Å²) in [6, 6.07) is 0. The van der Waals surface area contributed by atoms with Crippen LogP contribution in [-0.2, 0) is 4.74 Å². The van der Waals surface area contributed by atoms with Gasteiger partial charge in [-0.2, -0.15) is 0 Å². The van der Waals surface area contributed by atoms with Crippen molar-refractivity contribution in [3.8, 4) is 0 Å². The highest BCUT2D eigenvalue weighted by atomic mass is 16.6. The van der Waals surface area contributed by atoms with Crippen LogP contribution in [0, 0.1) is 5.41 Å². The maximum atomic E-state index is 11.8. The average molecular weight is 253 g/mol. The molecule has 18 heavy (non-hydrogen) atoms. The molecule has 102 valence electrons. The second-order valence-corrected chi connectivity index (χ2v) is 6.56. The standard InChI is InChI=1S/C14H23NO3/c1-13(2,3)18-12(17)15-9-14(10-15)6-4-11(8-16)5-7-14/h4,16H,5-10H2,1-3H3. The third-order valence-corrected chi connectivity index (χ3v) is 3.71.